The van der Waals surface area contributed by atoms with Gasteiger partial charge >= 0.3 is 0 Å². The van der Waals surface area contributed by atoms with E-state index in [0.717, 1.165) is 19.5 Å². The number of rotatable bonds is 12. The highest BCUT2D eigenvalue weighted by molar-refractivity contribution is 7.89. The van der Waals surface area contributed by atoms with Crippen molar-refractivity contribution in [1.29, 1.82) is 0 Å². The van der Waals surface area contributed by atoms with Gasteiger partial charge in [-0.25, -0.2) is 17.8 Å². The predicted molar refractivity (Wildman–Crippen MR) is 116 cm³/mol. The van der Waals surface area contributed by atoms with Gasteiger partial charge in [0, 0.05) is 19.3 Å². The summed E-state index contributed by atoms with van der Waals surface area (Å²) in [4.78, 5) is 4.56. The van der Waals surface area contributed by atoms with Gasteiger partial charge in [-0.05, 0) is 48.9 Å². The van der Waals surface area contributed by atoms with Crippen molar-refractivity contribution in [3.05, 3.63) is 35.1 Å². The molecule has 0 aromatic heterocycles. The first-order valence-corrected chi connectivity index (χ1v) is 12.3. The zero-order valence-corrected chi connectivity index (χ0v) is 18.5. The number of unbranched alkanes of at least 4 members (excludes halogenated alkanes) is 1. The molecule has 5 nitrogen and oxygen atoms in total. The molecule has 0 saturated heterocycles. The minimum atomic E-state index is -3.20. The fraction of sp³-hybridized carbons (Fsp3) is 0.667. The smallest absolute Gasteiger partial charge is 0.191 e. The lowest BCUT2D eigenvalue weighted by Gasteiger charge is -2.19. The van der Waals surface area contributed by atoms with E-state index in [-0.39, 0.29) is 18.1 Å². The molecule has 1 unspecified atom stereocenters. The van der Waals surface area contributed by atoms with E-state index in [1.807, 2.05) is 6.92 Å². The van der Waals surface area contributed by atoms with Gasteiger partial charge in [-0.1, -0.05) is 39.2 Å². The second-order valence-electron chi connectivity index (χ2n) is 7.36. The minimum absolute atomic E-state index is 0.113. The molecule has 0 saturated carbocycles. The monoisotopic (exact) mass is 413 g/mol. The normalized spacial score (nSPS) is 13.4. The van der Waals surface area contributed by atoms with Crippen LogP contribution < -0.4 is 10.6 Å². The highest BCUT2D eigenvalue weighted by Crippen LogP contribution is 2.16. The molecule has 0 aliphatic heterocycles. The average molecular weight is 414 g/mol. The van der Waals surface area contributed by atoms with Crippen molar-refractivity contribution >= 4 is 15.8 Å². The molecule has 1 aromatic rings. The average Bonchev–Trinajstić information content (AvgIpc) is 2.62. The van der Waals surface area contributed by atoms with Gasteiger partial charge in [0.1, 0.15) is 5.82 Å². The third-order valence-corrected chi connectivity index (χ3v) is 5.39. The molecule has 7 heteroatoms. The van der Waals surface area contributed by atoms with Crippen molar-refractivity contribution in [2.24, 2.45) is 10.9 Å². The second-order valence-corrected chi connectivity index (χ2v) is 9.50. The van der Waals surface area contributed by atoms with E-state index < -0.39 is 9.84 Å². The SMILES string of the molecule is CCCCC(CCC)CNC(=NCc1cc(F)ccc1CS(C)(=O)=O)NCC. The molecule has 1 atom stereocenters. The molecule has 160 valence electrons. The van der Waals surface area contributed by atoms with Crippen molar-refractivity contribution in [3.63, 3.8) is 0 Å². The molecule has 1 aromatic carbocycles. The van der Waals surface area contributed by atoms with Crippen LogP contribution in [0.5, 0.6) is 0 Å². The number of hydrogen-bond acceptors (Lipinski definition) is 3. The molecule has 1 rings (SSSR count). The Bertz CT molecular complexity index is 720. The first kappa shape index (κ1) is 24.4. The highest BCUT2D eigenvalue weighted by Gasteiger charge is 2.12. The van der Waals surface area contributed by atoms with Gasteiger partial charge in [-0.3, -0.25) is 0 Å². The van der Waals surface area contributed by atoms with Crippen LogP contribution in [-0.4, -0.2) is 33.7 Å². The van der Waals surface area contributed by atoms with Crippen molar-refractivity contribution in [2.45, 2.75) is 65.2 Å². The van der Waals surface area contributed by atoms with Gasteiger partial charge < -0.3 is 10.6 Å². The summed E-state index contributed by atoms with van der Waals surface area (Å²) < 4.78 is 37.0. The summed E-state index contributed by atoms with van der Waals surface area (Å²) in [6.07, 6.45) is 7.12. The molecular weight excluding hydrogens is 377 g/mol. The highest BCUT2D eigenvalue weighted by atomic mass is 32.2. The maximum absolute atomic E-state index is 13.7. The van der Waals surface area contributed by atoms with Gasteiger partial charge in [-0.15, -0.1) is 0 Å². The van der Waals surface area contributed by atoms with Crippen molar-refractivity contribution in [1.82, 2.24) is 10.6 Å². The Kier molecular flexibility index (Phi) is 11.1. The Labute approximate surface area is 170 Å². The van der Waals surface area contributed by atoms with E-state index in [9.17, 15) is 12.8 Å². The molecule has 0 heterocycles. The van der Waals surface area contributed by atoms with Crippen molar-refractivity contribution < 1.29 is 12.8 Å². The van der Waals surface area contributed by atoms with Crippen LogP contribution in [-0.2, 0) is 22.1 Å². The Hall–Kier alpha value is -1.63. The summed E-state index contributed by atoms with van der Waals surface area (Å²) in [5, 5.41) is 6.61. The third-order valence-electron chi connectivity index (χ3n) is 4.56. The van der Waals surface area contributed by atoms with Crippen LogP contribution in [0.25, 0.3) is 0 Å². The summed E-state index contributed by atoms with van der Waals surface area (Å²) in [5.74, 6) is 0.777. The molecular formula is C21H36FN3O2S. The summed E-state index contributed by atoms with van der Waals surface area (Å²) in [5.41, 5.74) is 1.19. The summed E-state index contributed by atoms with van der Waals surface area (Å²) in [6.45, 7) is 8.19. The Morgan fingerprint density at radius 3 is 2.46 bits per heavy atom. The lowest BCUT2D eigenvalue weighted by molar-refractivity contribution is 0.423. The number of halogens is 1. The summed E-state index contributed by atoms with van der Waals surface area (Å²) in [7, 11) is -3.20. The third kappa shape index (κ3) is 10.1. The van der Waals surface area contributed by atoms with E-state index in [1.165, 1.54) is 50.1 Å². The van der Waals surface area contributed by atoms with Crippen LogP contribution in [0.2, 0.25) is 0 Å². The number of aliphatic imine (C=N–C) groups is 1. The summed E-state index contributed by atoms with van der Waals surface area (Å²) >= 11 is 0. The van der Waals surface area contributed by atoms with E-state index in [4.69, 9.17) is 0 Å². The van der Waals surface area contributed by atoms with Crippen LogP contribution in [0.1, 0.15) is 64.0 Å². The van der Waals surface area contributed by atoms with Crippen molar-refractivity contribution in [2.75, 3.05) is 19.3 Å². The molecule has 28 heavy (non-hydrogen) atoms. The number of sulfone groups is 1. The first-order valence-electron chi connectivity index (χ1n) is 10.3. The Morgan fingerprint density at radius 1 is 1.11 bits per heavy atom. The predicted octanol–water partition coefficient (Wildman–Crippen LogP) is 4.03. The topological polar surface area (TPSA) is 70.6 Å². The van der Waals surface area contributed by atoms with Gasteiger partial charge in [-0.2, -0.15) is 0 Å². The number of benzene rings is 1. The molecule has 0 aliphatic carbocycles. The van der Waals surface area contributed by atoms with Gasteiger partial charge in [0.25, 0.3) is 0 Å². The minimum Gasteiger partial charge on any atom is -0.357 e. The molecule has 0 amide bonds. The second kappa shape index (κ2) is 12.8. The summed E-state index contributed by atoms with van der Waals surface area (Å²) in [6, 6.07) is 4.19. The molecule has 0 radical (unpaired) electrons. The molecule has 0 bridgehead atoms. The van der Waals surface area contributed by atoms with Crippen molar-refractivity contribution in [3.8, 4) is 0 Å². The van der Waals surface area contributed by atoms with E-state index in [2.05, 4.69) is 29.5 Å². The fourth-order valence-corrected chi connectivity index (χ4v) is 4.01. The van der Waals surface area contributed by atoms with E-state index >= 15 is 0 Å². The van der Waals surface area contributed by atoms with Crippen LogP contribution >= 0.6 is 0 Å². The van der Waals surface area contributed by atoms with E-state index in [1.54, 1.807) is 0 Å². The van der Waals surface area contributed by atoms with Crippen LogP contribution in [0.4, 0.5) is 4.39 Å². The molecule has 0 aliphatic rings. The van der Waals surface area contributed by atoms with E-state index in [0.29, 0.717) is 23.0 Å². The quantitative estimate of drug-likeness (QED) is 0.401. The zero-order valence-electron chi connectivity index (χ0n) is 17.7. The lowest BCUT2D eigenvalue weighted by atomic mass is 9.97. The standard InChI is InChI=1S/C21H36FN3O2S/c1-5-8-10-17(9-6-2)14-24-21(23-7-3)25-15-19-13-20(22)12-11-18(19)16-28(4,26)27/h11-13,17H,5-10,14-16H2,1-4H3,(H2,23,24,25). The van der Waals surface area contributed by atoms with Crippen LogP contribution in [0.15, 0.2) is 23.2 Å². The Morgan fingerprint density at radius 2 is 1.86 bits per heavy atom. The van der Waals surface area contributed by atoms with Crippen LogP contribution in [0.3, 0.4) is 0 Å². The van der Waals surface area contributed by atoms with Crippen LogP contribution in [0, 0.1) is 11.7 Å². The fourth-order valence-electron chi connectivity index (χ4n) is 3.16. The first-order chi connectivity index (χ1) is 13.3. The number of nitrogens with one attached hydrogen (secondary N) is 2. The number of nitrogens with zero attached hydrogens (tertiary/aromatic N) is 1. The number of guanidine groups is 1. The maximum atomic E-state index is 13.7. The largest absolute Gasteiger partial charge is 0.357 e. The van der Waals surface area contributed by atoms with Gasteiger partial charge in [0.15, 0.2) is 15.8 Å². The molecule has 0 spiro atoms. The number of hydrogen-bond donors (Lipinski definition) is 2. The molecule has 0 fully saturated rings. The van der Waals surface area contributed by atoms with Gasteiger partial charge in [0.2, 0.25) is 0 Å². The Balaban J connectivity index is 2.87. The maximum Gasteiger partial charge on any atom is 0.191 e. The van der Waals surface area contributed by atoms with Gasteiger partial charge in [0.05, 0.1) is 12.3 Å². The molecule has 2 N–H and O–H groups in total. The lowest BCUT2D eigenvalue weighted by Crippen LogP contribution is -2.39. The zero-order chi connectivity index (χ0) is 21.0.